The van der Waals surface area contributed by atoms with Gasteiger partial charge in [0.25, 0.3) is 0 Å². The summed E-state index contributed by atoms with van der Waals surface area (Å²) in [6.45, 7) is 5.86. The lowest BCUT2D eigenvalue weighted by Gasteiger charge is -2.35. The summed E-state index contributed by atoms with van der Waals surface area (Å²) in [5.74, 6) is 0.849. The van der Waals surface area contributed by atoms with Crippen LogP contribution in [0.25, 0.3) is 0 Å². The predicted octanol–water partition coefficient (Wildman–Crippen LogP) is 1.49. The number of likely N-dealkylation sites (tertiary alicyclic amines) is 1. The number of nitrogens with one attached hydrogen (secondary N) is 1. The smallest absolute Gasteiger partial charge is 0.0702 e. The zero-order valence-electron chi connectivity index (χ0n) is 10.6. The number of piperidine rings is 1. The minimum absolute atomic E-state index is 0.516. The number of ether oxygens (including phenoxy) is 1. The second-order valence-corrected chi connectivity index (χ2v) is 5.31. The summed E-state index contributed by atoms with van der Waals surface area (Å²) >= 11 is 0. The number of hydrogen-bond donors (Lipinski definition) is 1. The highest BCUT2D eigenvalue weighted by atomic mass is 16.5. The van der Waals surface area contributed by atoms with Crippen molar-refractivity contribution >= 4 is 0 Å². The molecule has 94 valence electrons. The summed E-state index contributed by atoms with van der Waals surface area (Å²) in [6, 6.07) is 0. The van der Waals surface area contributed by atoms with Crippen molar-refractivity contribution < 1.29 is 4.74 Å². The Hall–Kier alpha value is -0.120. The zero-order valence-corrected chi connectivity index (χ0v) is 10.6. The molecule has 3 nitrogen and oxygen atoms in total. The highest BCUT2D eigenvalue weighted by Gasteiger charge is 2.23. The maximum atomic E-state index is 5.82. The molecule has 0 aliphatic carbocycles. The number of nitrogens with zero attached hydrogens (tertiary/aromatic N) is 1. The molecule has 0 spiro atoms. The van der Waals surface area contributed by atoms with E-state index in [1.165, 1.54) is 58.3 Å². The van der Waals surface area contributed by atoms with E-state index in [1.54, 1.807) is 0 Å². The van der Waals surface area contributed by atoms with Gasteiger partial charge in [0, 0.05) is 19.7 Å². The van der Waals surface area contributed by atoms with Crippen LogP contribution in [0.3, 0.4) is 0 Å². The third kappa shape index (κ3) is 3.72. The van der Waals surface area contributed by atoms with Crippen molar-refractivity contribution in [1.82, 2.24) is 10.2 Å². The van der Waals surface area contributed by atoms with Gasteiger partial charge in [-0.25, -0.2) is 0 Å². The van der Waals surface area contributed by atoms with E-state index >= 15 is 0 Å². The molecule has 0 radical (unpaired) electrons. The average Bonchev–Trinajstić information content (AvgIpc) is 2.31. The Bertz CT molecular complexity index is 190. The minimum atomic E-state index is 0.516. The van der Waals surface area contributed by atoms with Crippen LogP contribution >= 0.6 is 0 Å². The average molecular weight is 226 g/mol. The quantitative estimate of drug-likeness (QED) is 0.786. The standard InChI is InChI=1S/C13H26N2O/c1-14-9-12-5-4-7-15(10-12)11-13-6-2-3-8-16-13/h12-14H,2-11H2,1H3. The molecular formula is C13H26N2O. The molecule has 2 saturated heterocycles. The van der Waals surface area contributed by atoms with Crippen molar-refractivity contribution in [2.75, 3.05) is 39.8 Å². The molecule has 0 amide bonds. The van der Waals surface area contributed by atoms with Crippen LogP contribution in [0.4, 0.5) is 0 Å². The van der Waals surface area contributed by atoms with Crippen LogP contribution in [-0.2, 0) is 4.74 Å². The lowest BCUT2D eigenvalue weighted by molar-refractivity contribution is -0.0126. The van der Waals surface area contributed by atoms with Gasteiger partial charge in [0.2, 0.25) is 0 Å². The molecule has 0 bridgehead atoms. The van der Waals surface area contributed by atoms with E-state index in [-0.39, 0.29) is 0 Å². The van der Waals surface area contributed by atoms with Gasteiger partial charge >= 0.3 is 0 Å². The Kier molecular flexibility index (Phi) is 5.07. The molecule has 0 saturated carbocycles. The first-order valence-electron chi connectivity index (χ1n) is 6.87. The fourth-order valence-electron chi connectivity index (χ4n) is 3.01. The van der Waals surface area contributed by atoms with Gasteiger partial charge in [-0.2, -0.15) is 0 Å². The molecule has 0 aromatic heterocycles. The summed E-state index contributed by atoms with van der Waals surface area (Å²) in [6.07, 6.45) is 7.16. The SMILES string of the molecule is CNCC1CCCN(CC2CCCCO2)C1. The van der Waals surface area contributed by atoms with Crippen LogP contribution in [0.15, 0.2) is 0 Å². The largest absolute Gasteiger partial charge is 0.377 e. The van der Waals surface area contributed by atoms with Gasteiger partial charge in [-0.05, 0) is 58.2 Å². The van der Waals surface area contributed by atoms with Crippen molar-refractivity contribution in [2.24, 2.45) is 5.92 Å². The Morgan fingerprint density at radius 3 is 2.94 bits per heavy atom. The maximum absolute atomic E-state index is 5.82. The third-order valence-corrected chi connectivity index (χ3v) is 3.83. The Morgan fingerprint density at radius 1 is 1.25 bits per heavy atom. The molecule has 3 heteroatoms. The highest BCUT2D eigenvalue weighted by molar-refractivity contribution is 4.77. The van der Waals surface area contributed by atoms with Crippen molar-refractivity contribution in [2.45, 2.75) is 38.2 Å². The van der Waals surface area contributed by atoms with Crippen LogP contribution in [0.5, 0.6) is 0 Å². The molecule has 0 aromatic carbocycles. The number of rotatable bonds is 4. The predicted molar refractivity (Wildman–Crippen MR) is 66.7 cm³/mol. The van der Waals surface area contributed by atoms with Crippen LogP contribution in [0.1, 0.15) is 32.1 Å². The maximum Gasteiger partial charge on any atom is 0.0702 e. The lowest BCUT2D eigenvalue weighted by atomic mass is 9.97. The molecule has 2 aliphatic heterocycles. The van der Waals surface area contributed by atoms with Gasteiger partial charge < -0.3 is 15.0 Å². The van der Waals surface area contributed by atoms with E-state index in [9.17, 15) is 0 Å². The third-order valence-electron chi connectivity index (χ3n) is 3.83. The molecule has 2 aliphatic rings. The summed E-state index contributed by atoms with van der Waals surface area (Å²) in [4.78, 5) is 2.61. The zero-order chi connectivity index (χ0) is 11.2. The lowest BCUT2D eigenvalue weighted by Crippen LogP contribution is -2.43. The van der Waals surface area contributed by atoms with Crippen molar-refractivity contribution in [1.29, 1.82) is 0 Å². The fraction of sp³-hybridized carbons (Fsp3) is 1.00. The highest BCUT2D eigenvalue weighted by Crippen LogP contribution is 2.19. The van der Waals surface area contributed by atoms with Crippen LogP contribution in [0, 0.1) is 5.92 Å². The summed E-state index contributed by atoms with van der Waals surface area (Å²) in [5, 5.41) is 3.30. The summed E-state index contributed by atoms with van der Waals surface area (Å²) in [5.41, 5.74) is 0. The van der Waals surface area contributed by atoms with Gasteiger partial charge in [0.05, 0.1) is 6.10 Å². The van der Waals surface area contributed by atoms with E-state index in [1.807, 2.05) is 0 Å². The van der Waals surface area contributed by atoms with Gasteiger partial charge in [-0.3, -0.25) is 0 Å². The molecule has 2 heterocycles. The first-order chi connectivity index (χ1) is 7.88. The van der Waals surface area contributed by atoms with E-state index in [0.29, 0.717) is 6.10 Å². The first kappa shape index (κ1) is 12.3. The van der Waals surface area contributed by atoms with Gasteiger partial charge in [0.15, 0.2) is 0 Å². The Morgan fingerprint density at radius 2 is 2.19 bits per heavy atom. The van der Waals surface area contributed by atoms with E-state index in [2.05, 4.69) is 17.3 Å². The monoisotopic (exact) mass is 226 g/mol. The van der Waals surface area contributed by atoms with Gasteiger partial charge in [0.1, 0.15) is 0 Å². The molecule has 2 fully saturated rings. The minimum Gasteiger partial charge on any atom is -0.377 e. The number of hydrogen-bond acceptors (Lipinski definition) is 3. The molecular weight excluding hydrogens is 200 g/mol. The van der Waals surface area contributed by atoms with Gasteiger partial charge in [-0.1, -0.05) is 0 Å². The van der Waals surface area contributed by atoms with E-state index < -0.39 is 0 Å². The molecule has 2 atom stereocenters. The summed E-state index contributed by atoms with van der Waals surface area (Å²) < 4.78 is 5.82. The topological polar surface area (TPSA) is 24.5 Å². The molecule has 0 aromatic rings. The molecule has 2 rings (SSSR count). The second kappa shape index (κ2) is 6.58. The normalized spacial score (nSPS) is 32.8. The first-order valence-corrected chi connectivity index (χ1v) is 6.87. The summed E-state index contributed by atoms with van der Waals surface area (Å²) in [7, 11) is 2.06. The van der Waals surface area contributed by atoms with Crippen molar-refractivity contribution in [3.63, 3.8) is 0 Å². The van der Waals surface area contributed by atoms with Crippen LogP contribution in [0.2, 0.25) is 0 Å². The van der Waals surface area contributed by atoms with Gasteiger partial charge in [-0.15, -0.1) is 0 Å². The van der Waals surface area contributed by atoms with Crippen molar-refractivity contribution in [3.8, 4) is 0 Å². The van der Waals surface area contributed by atoms with Crippen LogP contribution < -0.4 is 5.32 Å². The second-order valence-electron chi connectivity index (χ2n) is 5.31. The Labute approximate surface area is 99.5 Å². The fourth-order valence-corrected chi connectivity index (χ4v) is 3.01. The van der Waals surface area contributed by atoms with E-state index in [4.69, 9.17) is 4.74 Å². The Balaban J connectivity index is 1.71. The van der Waals surface area contributed by atoms with Crippen LogP contribution in [-0.4, -0.2) is 50.8 Å². The molecule has 1 N–H and O–H groups in total. The van der Waals surface area contributed by atoms with Crippen molar-refractivity contribution in [3.05, 3.63) is 0 Å². The molecule has 2 unspecified atom stereocenters. The molecule has 16 heavy (non-hydrogen) atoms. The van der Waals surface area contributed by atoms with E-state index in [0.717, 1.165) is 12.5 Å².